The van der Waals surface area contributed by atoms with E-state index < -0.39 is 0 Å². The molecule has 0 heterocycles. The summed E-state index contributed by atoms with van der Waals surface area (Å²) in [5, 5.41) is 3.80. The Morgan fingerprint density at radius 1 is 1.19 bits per heavy atom. The Bertz CT molecular complexity index is 176. The molecule has 1 rings (SSSR count). The van der Waals surface area contributed by atoms with Crippen molar-refractivity contribution in [2.24, 2.45) is 17.8 Å². The zero-order valence-electron chi connectivity index (χ0n) is 11.8. The summed E-state index contributed by atoms with van der Waals surface area (Å²) in [6.07, 6.45) is 8.39. The molecular formula is C15H31N. The second kappa shape index (κ2) is 7.32. The summed E-state index contributed by atoms with van der Waals surface area (Å²) in [6, 6.07) is 0.792. The molecule has 96 valence electrons. The first-order valence-corrected chi connectivity index (χ1v) is 7.38. The summed E-state index contributed by atoms with van der Waals surface area (Å²) in [7, 11) is 0. The molecule has 0 aromatic heterocycles. The largest absolute Gasteiger partial charge is 0.314 e. The van der Waals surface area contributed by atoms with Crippen molar-refractivity contribution in [1.29, 1.82) is 0 Å². The van der Waals surface area contributed by atoms with Crippen LogP contribution in [-0.4, -0.2) is 12.6 Å². The molecule has 1 aliphatic rings. The van der Waals surface area contributed by atoms with Gasteiger partial charge in [-0.25, -0.2) is 0 Å². The summed E-state index contributed by atoms with van der Waals surface area (Å²) < 4.78 is 0. The maximum absolute atomic E-state index is 3.80. The molecule has 1 aliphatic carbocycles. The third-order valence-corrected chi connectivity index (χ3v) is 4.16. The van der Waals surface area contributed by atoms with Gasteiger partial charge in [-0.2, -0.15) is 0 Å². The fourth-order valence-corrected chi connectivity index (χ4v) is 3.08. The fraction of sp³-hybridized carbons (Fsp3) is 1.00. The van der Waals surface area contributed by atoms with Crippen LogP contribution in [0, 0.1) is 17.8 Å². The van der Waals surface area contributed by atoms with Crippen molar-refractivity contribution >= 4 is 0 Å². The van der Waals surface area contributed by atoms with Gasteiger partial charge >= 0.3 is 0 Å². The van der Waals surface area contributed by atoms with Gasteiger partial charge < -0.3 is 5.32 Å². The Morgan fingerprint density at radius 3 is 2.44 bits per heavy atom. The van der Waals surface area contributed by atoms with Crippen molar-refractivity contribution in [3.05, 3.63) is 0 Å². The normalized spacial score (nSPS) is 27.6. The highest BCUT2D eigenvalue weighted by atomic mass is 14.9. The van der Waals surface area contributed by atoms with E-state index >= 15 is 0 Å². The molecule has 0 bridgehead atoms. The smallest absolute Gasteiger partial charge is 0.00979 e. The lowest BCUT2D eigenvalue weighted by atomic mass is 9.86. The lowest BCUT2D eigenvalue weighted by Gasteiger charge is -2.28. The Labute approximate surface area is 102 Å². The van der Waals surface area contributed by atoms with Crippen molar-refractivity contribution in [2.45, 2.75) is 72.3 Å². The average molecular weight is 225 g/mol. The van der Waals surface area contributed by atoms with Crippen LogP contribution in [0.2, 0.25) is 0 Å². The quantitative estimate of drug-likeness (QED) is 0.684. The molecule has 3 atom stereocenters. The van der Waals surface area contributed by atoms with Gasteiger partial charge in [-0.1, -0.05) is 40.5 Å². The molecule has 3 unspecified atom stereocenters. The Balaban J connectivity index is 2.41. The van der Waals surface area contributed by atoms with Gasteiger partial charge in [0.2, 0.25) is 0 Å². The van der Waals surface area contributed by atoms with Gasteiger partial charge in [0.25, 0.3) is 0 Å². The minimum absolute atomic E-state index is 0.792. The van der Waals surface area contributed by atoms with E-state index in [1.807, 2.05) is 0 Å². The van der Waals surface area contributed by atoms with Gasteiger partial charge in [-0.15, -0.1) is 0 Å². The lowest BCUT2D eigenvalue weighted by molar-refractivity contribution is 0.271. The number of hydrogen-bond acceptors (Lipinski definition) is 1. The molecule has 1 heteroatoms. The van der Waals surface area contributed by atoms with Crippen LogP contribution in [0.4, 0.5) is 0 Å². The van der Waals surface area contributed by atoms with E-state index in [9.17, 15) is 0 Å². The monoisotopic (exact) mass is 225 g/mol. The molecule has 1 fully saturated rings. The minimum Gasteiger partial charge on any atom is -0.314 e. The van der Waals surface area contributed by atoms with Crippen LogP contribution >= 0.6 is 0 Å². The highest BCUT2D eigenvalue weighted by molar-refractivity contribution is 4.85. The van der Waals surface area contributed by atoms with Gasteiger partial charge in [0.1, 0.15) is 0 Å². The Morgan fingerprint density at radius 2 is 1.94 bits per heavy atom. The van der Waals surface area contributed by atoms with E-state index in [0.29, 0.717) is 0 Å². The summed E-state index contributed by atoms with van der Waals surface area (Å²) in [5.74, 6) is 2.74. The lowest BCUT2D eigenvalue weighted by Crippen LogP contribution is -2.38. The third-order valence-electron chi connectivity index (χ3n) is 4.16. The summed E-state index contributed by atoms with van der Waals surface area (Å²) in [4.78, 5) is 0. The molecule has 1 N–H and O–H groups in total. The maximum Gasteiger partial charge on any atom is 0.00979 e. The summed E-state index contributed by atoms with van der Waals surface area (Å²) >= 11 is 0. The topological polar surface area (TPSA) is 12.0 Å². The standard InChI is InChI=1S/C15H31N/c1-5-11-16-15(10-9-12(2)3)14-8-6-7-13(14)4/h12-16H,5-11H2,1-4H3. The van der Waals surface area contributed by atoms with E-state index in [1.165, 1.54) is 45.1 Å². The van der Waals surface area contributed by atoms with Crippen molar-refractivity contribution < 1.29 is 0 Å². The van der Waals surface area contributed by atoms with Crippen LogP contribution in [0.3, 0.4) is 0 Å². The predicted molar refractivity (Wildman–Crippen MR) is 72.7 cm³/mol. The van der Waals surface area contributed by atoms with E-state index in [1.54, 1.807) is 0 Å². The number of hydrogen-bond donors (Lipinski definition) is 1. The van der Waals surface area contributed by atoms with Crippen LogP contribution in [0.1, 0.15) is 66.2 Å². The second-order valence-electron chi connectivity index (χ2n) is 6.10. The molecular weight excluding hydrogens is 194 g/mol. The molecule has 1 nitrogen and oxygen atoms in total. The van der Waals surface area contributed by atoms with E-state index in [-0.39, 0.29) is 0 Å². The van der Waals surface area contributed by atoms with Crippen LogP contribution in [0.5, 0.6) is 0 Å². The third kappa shape index (κ3) is 4.45. The SMILES string of the molecule is CCCNC(CCC(C)C)C1CCCC1C. The molecule has 0 amide bonds. The van der Waals surface area contributed by atoms with Crippen molar-refractivity contribution in [3.8, 4) is 0 Å². The van der Waals surface area contributed by atoms with Gasteiger partial charge in [-0.05, 0) is 50.0 Å². The van der Waals surface area contributed by atoms with Crippen LogP contribution in [0.25, 0.3) is 0 Å². The van der Waals surface area contributed by atoms with Gasteiger partial charge in [-0.3, -0.25) is 0 Å². The molecule has 0 saturated heterocycles. The number of nitrogens with one attached hydrogen (secondary N) is 1. The van der Waals surface area contributed by atoms with Gasteiger partial charge in [0, 0.05) is 6.04 Å². The van der Waals surface area contributed by atoms with Gasteiger partial charge in [0.15, 0.2) is 0 Å². The minimum atomic E-state index is 0.792. The molecule has 0 aromatic rings. The van der Waals surface area contributed by atoms with Crippen molar-refractivity contribution in [1.82, 2.24) is 5.32 Å². The summed E-state index contributed by atoms with van der Waals surface area (Å²) in [6.45, 7) is 10.6. The highest BCUT2D eigenvalue weighted by Gasteiger charge is 2.30. The molecule has 0 aliphatic heterocycles. The first kappa shape index (κ1) is 14.0. The first-order chi connectivity index (χ1) is 7.65. The zero-order valence-corrected chi connectivity index (χ0v) is 11.8. The predicted octanol–water partition coefficient (Wildman–Crippen LogP) is 4.23. The molecule has 0 radical (unpaired) electrons. The second-order valence-corrected chi connectivity index (χ2v) is 6.10. The molecule has 0 spiro atoms. The van der Waals surface area contributed by atoms with Gasteiger partial charge in [0.05, 0.1) is 0 Å². The maximum atomic E-state index is 3.80. The fourth-order valence-electron chi connectivity index (χ4n) is 3.08. The van der Waals surface area contributed by atoms with Crippen molar-refractivity contribution in [3.63, 3.8) is 0 Å². The molecule has 0 aromatic carbocycles. The molecule has 1 saturated carbocycles. The van der Waals surface area contributed by atoms with Crippen LogP contribution in [-0.2, 0) is 0 Å². The van der Waals surface area contributed by atoms with E-state index in [0.717, 1.165) is 23.8 Å². The van der Waals surface area contributed by atoms with E-state index in [2.05, 4.69) is 33.0 Å². The van der Waals surface area contributed by atoms with E-state index in [4.69, 9.17) is 0 Å². The first-order valence-electron chi connectivity index (χ1n) is 7.38. The van der Waals surface area contributed by atoms with Crippen molar-refractivity contribution in [2.75, 3.05) is 6.54 Å². The Kier molecular flexibility index (Phi) is 6.41. The molecule has 16 heavy (non-hydrogen) atoms. The average Bonchev–Trinajstić information content (AvgIpc) is 2.65. The highest BCUT2D eigenvalue weighted by Crippen LogP contribution is 2.35. The zero-order chi connectivity index (χ0) is 12.0. The van der Waals surface area contributed by atoms with Crippen LogP contribution < -0.4 is 5.32 Å². The van der Waals surface area contributed by atoms with Crippen LogP contribution in [0.15, 0.2) is 0 Å². The number of rotatable bonds is 7. The Hall–Kier alpha value is -0.0400. The summed E-state index contributed by atoms with van der Waals surface area (Å²) in [5.41, 5.74) is 0.